The molecule has 0 aromatic heterocycles. The van der Waals surface area contributed by atoms with Crippen LogP contribution < -0.4 is 5.32 Å². The average molecular weight is 208 g/mol. The zero-order chi connectivity index (χ0) is 10.8. The number of hydrogen-bond donors (Lipinski definition) is 1. The van der Waals surface area contributed by atoms with E-state index in [1.165, 1.54) is 31.3 Å². The van der Waals surface area contributed by atoms with Gasteiger partial charge in [-0.3, -0.25) is 4.90 Å². The highest BCUT2D eigenvalue weighted by Gasteiger charge is 2.34. The third kappa shape index (κ3) is 2.61. The summed E-state index contributed by atoms with van der Waals surface area (Å²) in [5.41, 5.74) is 1.36. The smallest absolute Gasteiger partial charge is 0.0189 e. The highest BCUT2D eigenvalue weighted by atomic mass is 15.2. The van der Waals surface area contributed by atoms with Gasteiger partial charge in [0.15, 0.2) is 0 Å². The van der Waals surface area contributed by atoms with Gasteiger partial charge in [-0.1, -0.05) is 19.1 Å². The number of rotatable bonds is 4. The number of likely N-dealkylation sites (N-methyl/N-ethyl adjacent to an activating group) is 1. The van der Waals surface area contributed by atoms with E-state index in [0.29, 0.717) is 0 Å². The first-order chi connectivity index (χ1) is 7.19. The molecule has 0 spiro atoms. The van der Waals surface area contributed by atoms with Crippen LogP contribution >= 0.6 is 0 Å². The molecule has 2 unspecified atom stereocenters. The molecule has 0 aromatic rings. The molecule has 0 saturated carbocycles. The van der Waals surface area contributed by atoms with Crippen LogP contribution in [-0.2, 0) is 0 Å². The quantitative estimate of drug-likeness (QED) is 0.712. The molecule has 2 saturated heterocycles. The van der Waals surface area contributed by atoms with Crippen LogP contribution in [0.25, 0.3) is 0 Å². The fraction of sp³-hybridized carbons (Fsp3) is 0.846. The van der Waals surface area contributed by atoms with Crippen molar-refractivity contribution in [1.82, 2.24) is 10.2 Å². The Morgan fingerprint density at radius 2 is 1.93 bits per heavy atom. The molecule has 15 heavy (non-hydrogen) atoms. The molecule has 2 aliphatic heterocycles. The monoisotopic (exact) mass is 208 g/mol. The first-order valence-electron chi connectivity index (χ1n) is 6.32. The second kappa shape index (κ2) is 4.67. The molecular formula is C13H24N2. The minimum absolute atomic E-state index is 0.784. The van der Waals surface area contributed by atoms with Crippen molar-refractivity contribution < 1.29 is 0 Å². The van der Waals surface area contributed by atoms with E-state index < -0.39 is 0 Å². The first-order valence-corrected chi connectivity index (χ1v) is 6.32. The van der Waals surface area contributed by atoms with E-state index in [9.17, 15) is 0 Å². The maximum atomic E-state index is 4.10. The van der Waals surface area contributed by atoms with Gasteiger partial charge in [-0.2, -0.15) is 0 Å². The molecule has 2 rings (SSSR count). The molecule has 2 fully saturated rings. The van der Waals surface area contributed by atoms with Crippen molar-refractivity contribution in [2.45, 2.75) is 57.2 Å². The SMILES string of the molecule is C=C(CC)CN(C)C1CC2CCC(C1)N2. The average Bonchev–Trinajstić information content (AvgIpc) is 2.57. The van der Waals surface area contributed by atoms with E-state index in [2.05, 4.69) is 30.8 Å². The van der Waals surface area contributed by atoms with E-state index in [1.807, 2.05) is 0 Å². The lowest BCUT2D eigenvalue weighted by molar-refractivity contribution is 0.183. The molecule has 1 N–H and O–H groups in total. The summed E-state index contributed by atoms with van der Waals surface area (Å²) in [4.78, 5) is 2.51. The molecule has 0 aromatic carbocycles. The Morgan fingerprint density at radius 3 is 2.47 bits per heavy atom. The molecule has 0 aliphatic carbocycles. The lowest BCUT2D eigenvalue weighted by atomic mass is 9.98. The fourth-order valence-electron chi connectivity index (χ4n) is 2.98. The van der Waals surface area contributed by atoms with Crippen molar-refractivity contribution in [2.24, 2.45) is 0 Å². The molecule has 0 amide bonds. The van der Waals surface area contributed by atoms with Crippen LogP contribution in [0, 0.1) is 0 Å². The highest BCUT2D eigenvalue weighted by molar-refractivity contribution is 5.00. The number of piperidine rings is 1. The molecule has 2 nitrogen and oxygen atoms in total. The zero-order valence-electron chi connectivity index (χ0n) is 10.1. The van der Waals surface area contributed by atoms with Crippen LogP contribution in [0.15, 0.2) is 12.2 Å². The van der Waals surface area contributed by atoms with Crippen LogP contribution in [0.2, 0.25) is 0 Å². The Balaban J connectivity index is 1.85. The Morgan fingerprint density at radius 1 is 1.33 bits per heavy atom. The predicted octanol–water partition coefficient (Wildman–Crippen LogP) is 2.17. The molecule has 2 heteroatoms. The third-order valence-corrected chi connectivity index (χ3v) is 4.04. The summed E-state index contributed by atoms with van der Waals surface area (Å²) in [5.74, 6) is 0. The summed E-state index contributed by atoms with van der Waals surface area (Å²) in [7, 11) is 2.26. The van der Waals surface area contributed by atoms with Gasteiger partial charge in [0.25, 0.3) is 0 Å². The number of nitrogens with zero attached hydrogens (tertiary/aromatic N) is 1. The van der Waals surface area contributed by atoms with Crippen molar-refractivity contribution in [2.75, 3.05) is 13.6 Å². The van der Waals surface area contributed by atoms with Crippen LogP contribution in [0.4, 0.5) is 0 Å². The molecule has 2 atom stereocenters. The summed E-state index contributed by atoms with van der Waals surface area (Å²) in [6, 6.07) is 2.38. The van der Waals surface area contributed by atoms with Gasteiger partial charge in [0.2, 0.25) is 0 Å². The Bertz CT molecular complexity index is 225. The van der Waals surface area contributed by atoms with Crippen LogP contribution in [0.5, 0.6) is 0 Å². The third-order valence-electron chi connectivity index (χ3n) is 4.04. The Labute approximate surface area is 93.7 Å². The van der Waals surface area contributed by atoms with E-state index in [0.717, 1.165) is 31.1 Å². The Kier molecular flexibility index (Phi) is 3.47. The summed E-state index contributed by atoms with van der Waals surface area (Å²) < 4.78 is 0. The Hall–Kier alpha value is -0.340. The summed E-state index contributed by atoms with van der Waals surface area (Å²) >= 11 is 0. The topological polar surface area (TPSA) is 15.3 Å². The predicted molar refractivity (Wildman–Crippen MR) is 65.0 cm³/mol. The van der Waals surface area contributed by atoms with Gasteiger partial charge in [-0.15, -0.1) is 0 Å². The largest absolute Gasteiger partial charge is 0.311 e. The maximum absolute atomic E-state index is 4.10. The van der Waals surface area contributed by atoms with Crippen molar-refractivity contribution >= 4 is 0 Å². The fourth-order valence-corrected chi connectivity index (χ4v) is 2.98. The second-order valence-corrected chi connectivity index (χ2v) is 5.28. The summed E-state index contributed by atoms with van der Waals surface area (Å²) in [6.45, 7) is 7.39. The van der Waals surface area contributed by atoms with Gasteiger partial charge in [0, 0.05) is 24.7 Å². The number of nitrogens with one attached hydrogen (secondary N) is 1. The summed E-state index contributed by atoms with van der Waals surface area (Å²) in [5, 5.41) is 3.69. The van der Waals surface area contributed by atoms with Gasteiger partial charge in [0.1, 0.15) is 0 Å². The van der Waals surface area contributed by atoms with Gasteiger partial charge in [-0.25, -0.2) is 0 Å². The number of fused-ring (bicyclic) bond motifs is 2. The van der Waals surface area contributed by atoms with Gasteiger partial charge < -0.3 is 5.32 Å². The highest BCUT2D eigenvalue weighted by Crippen LogP contribution is 2.29. The van der Waals surface area contributed by atoms with Crippen LogP contribution in [0.3, 0.4) is 0 Å². The minimum atomic E-state index is 0.784. The normalized spacial score (nSPS) is 34.7. The van der Waals surface area contributed by atoms with Gasteiger partial charge in [-0.05, 0) is 39.2 Å². The van der Waals surface area contributed by atoms with Crippen LogP contribution in [-0.4, -0.2) is 36.6 Å². The van der Waals surface area contributed by atoms with E-state index in [-0.39, 0.29) is 0 Å². The molecule has 0 radical (unpaired) electrons. The molecule has 2 heterocycles. The maximum Gasteiger partial charge on any atom is 0.0189 e. The van der Waals surface area contributed by atoms with Gasteiger partial charge >= 0.3 is 0 Å². The lowest BCUT2D eigenvalue weighted by Crippen LogP contribution is -2.47. The first kappa shape index (κ1) is 11.2. The van der Waals surface area contributed by atoms with E-state index >= 15 is 0 Å². The number of hydrogen-bond acceptors (Lipinski definition) is 2. The van der Waals surface area contributed by atoms with Crippen molar-refractivity contribution in [3.8, 4) is 0 Å². The minimum Gasteiger partial charge on any atom is -0.311 e. The van der Waals surface area contributed by atoms with E-state index in [1.54, 1.807) is 0 Å². The molecular weight excluding hydrogens is 184 g/mol. The van der Waals surface area contributed by atoms with E-state index in [4.69, 9.17) is 0 Å². The van der Waals surface area contributed by atoms with Gasteiger partial charge in [0.05, 0.1) is 0 Å². The second-order valence-electron chi connectivity index (χ2n) is 5.28. The summed E-state index contributed by atoms with van der Waals surface area (Å²) in [6.07, 6.45) is 6.57. The van der Waals surface area contributed by atoms with Crippen molar-refractivity contribution in [3.05, 3.63) is 12.2 Å². The van der Waals surface area contributed by atoms with Crippen LogP contribution in [0.1, 0.15) is 39.0 Å². The van der Waals surface area contributed by atoms with Crippen molar-refractivity contribution in [1.29, 1.82) is 0 Å². The van der Waals surface area contributed by atoms with Crippen molar-refractivity contribution in [3.63, 3.8) is 0 Å². The lowest BCUT2D eigenvalue weighted by Gasteiger charge is -2.35. The molecule has 2 bridgehead atoms. The molecule has 86 valence electrons. The zero-order valence-corrected chi connectivity index (χ0v) is 10.1. The standard InChI is InChI=1S/C13H24N2/c1-4-10(2)9-15(3)13-7-11-5-6-12(8-13)14-11/h11-14H,2,4-9H2,1,3H3. The molecule has 2 aliphatic rings.